The maximum atomic E-state index is 11.6. The number of nitrogens with zero attached hydrogens (tertiary/aromatic N) is 6. The zero-order valence-electron chi connectivity index (χ0n) is 18.1. The molecule has 3 heterocycles. The molecule has 0 radical (unpaired) electrons. The normalized spacial score (nSPS) is 11.6. The van der Waals surface area contributed by atoms with Crippen molar-refractivity contribution < 1.29 is 9.90 Å². The van der Waals surface area contributed by atoms with Crippen LogP contribution in [-0.4, -0.2) is 40.5 Å². The van der Waals surface area contributed by atoms with Crippen LogP contribution in [0.15, 0.2) is 49.3 Å². The van der Waals surface area contributed by atoms with Crippen molar-refractivity contribution in [2.75, 3.05) is 11.1 Å². The molecule has 4 N–H and O–H groups in total. The van der Waals surface area contributed by atoms with Gasteiger partial charge in [-0.25, -0.2) is 14.6 Å². The van der Waals surface area contributed by atoms with E-state index < -0.39 is 5.60 Å². The van der Waals surface area contributed by atoms with Crippen molar-refractivity contribution in [1.82, 2.24) is 29.5 Å². The van der Waals surface area contributed by atoms with Gasteiger partial charge >= 0.3 is 0 Å². The van der Waals surface area contributed by atoms with Crippen molar-refractivity contribution in [1.29, 1.82) is 0 Å². The molecule has 164 valence electrons. The van der Waals surface area contributed by atoms with Crippen LogP contribution in [-0.2, 0) is 24.0 Å². The molecule has 0 unspecified atom stereocenters. The number of carbonyl (C=O) groups excluding carboxylic acids is 1. The van der Waals surface area contributed by atoms with Gasteiger partial charge in [-0.15, -0.1) is 0 Å². The van der Waals surface area contributed by atoms with E-state index in [-0.39, 0.29) is 5.91 Å². The van der Waals surface area contributed by atoms with E-state index in [9.17, 15) is 9.90 Å². The monoisotopic (exact) mass is 432 g/mol. The molecule has 0 bridgehead atoms. The lowest BCUT2D eigenvalue weighted by atomic mass is 10.0. The molecule has 3 aromatic heterocycles. The van der Waals surface area contributed by atoms with Crippen LogP contribution in [0.1, 0.15) is 25.1 Å². The molecule has 0 aliphatic carbocycles. The minimum absolute atomic E-state index is 0.285. The van der Waals surface area contributed by atoms with E-state index in [1.165, 1.54) is 12.4 Å². The lowest BCUT2D eigenvalue weighted by Gasteiger charge is -2.16. The van der Waals surface area contributed by atoms with Gasteiger partial charge in [0.2, 0.25) is 5.91 Å². The minimum Gasteiger partial charge on any atom is -0.384 e. The number of hydrogen-bond donors (Lipinski definition) is 3. The molecule has 0 aliphatic rings. The second-order valence-electron chi connectivity index (χ2n) is 7.95. The van der Waals surface area contributed by atoms with E-state index in [1.807, 2.05) is 18.2 Å². The summed E-state index contributed by atoms with van der Waals surface area (Å²) in [6, 6.07) is 9.20. The van der Waals surface area contributed by atoms with Crippen molar-refractivity contribution in [2.24, 2.45) is 7.05 Å². The number of benzene rings is 1. The first-order chi connectivity index (χ1) is 15.2. The molecule has 4 rings (SSSR count). The number of hydrogen-bond acceptors (Lipinski definition) is 7. The third-order valence-electron chi connectivity index (χ3n) is 5.02. The van der Waals surface area contributed by atoms with Gasteiger partial charge in [0.15, 0.2) is 5.65 Å². The molecule has 0 saturated heterocycles. The van der Waals surface area contributed by atoms with Gasteiger partial charge in [0.25, 0.3) is 0 Å². The van der Waals surface area contributed by atoms with Crippen LogP contribution in [0.4, 0.5) is 11.5 Å². The number of nitrogens with one attached hydrogen (secondary N) is 1. The smallest absolute Gasteiger partial charge is 0.247 e. The molecule has 0 spiro atoms. The molecule has 10 nitrogen and oxygen atoms in total. The van der Waals surface area contributed by atoms with Gasteiger partial charge < -0.3 is 16.2 Å². The van der Waals surface area contributed by atoms with Gasteiger partial charge in [0.05, 0.1) is 17.6 Å². The Balaban J connectivity index is 1.79. The molecule has 0 atom stereocenters. The summed E-state index contributed by atoms with van der Waals surface area (Å²) in [7, 11) is 1.76. The zero-order valence-corrected chi connectivity index (χ0v) is 18.1. The summed E-state index contributed by atoms with van der Waals surface area (Å²) in [5.41, 5.74) is 8.94. The SMILES string of the molecule is C=CC(=O)Nc1cccc(Cn2nc(-c3cc(C(C)(C)O)n(C)n3)c3c(N)ncnc32)c1. The predicted octanol–water partition coefficient (Wildman–Crippen LogP) is 2.21. The van der Waals surface area contributed by atoms with E-state index in [1.54, 1.807) is 42.4 Å². The van der Waals surface area contributed by atoms with E-state index in [0.717, 1.165) is 5.56 Å². The fourth-order valence-electron chi connectivity index (χ4n) is 3.59. The average Bonchev–Trinajstić information content (AvgIpc) is 3.30. The van der Waals surface area contributed by atoms with Crippen molar-refractivity contribution >= 4 is 28.4 Å². The Hall–Kier alpha value is -4.05. The maximum Gasteiger partial charge on any atom is 0.247 e. The highest BCUT2D eigenvalue weighted by atomic mass is 16.3. The van der Waals surface area contributed by atoms with Crippen molar-refractivity contribution in [3.8, 4) is 11.4 Å². The van der Waals surface area contributed by atoms with Crippen LogP contribution >= 0.6 is 0 Å². The Morgan fingerprint density at radius 1 is 1.28 bits per heavy atom. The molecule has 0 saturated carbocycles. The van der Waals surface area contributed by atoms with Crippen molar-refractivity contribution in [3.63, 3.8) is 0 Å². The summed E-state index contributed by atoms with van der Waals surface area (Å²) in [5.74, 6) is 0.00552. The van der Waals surface area contributed by atoms with Crippen LogP contribution < -0.4 is 11.1 Å². The summed E-state index contributed by atoms with van der Waals surface area (Å²) in [6.45, 7) is 7.24. The standard InChI is InChI=1S/C22H24N8O2/c1-5-17(31)26-14-8-6-7-13(9-14)11-30-21-18(20(23)24-12-25-21)19(28-30)15-10-16(22(2,3)32)29(4)27-15/h5-10,12,32H,1,11H2,2-4H3,(H,26,31)(H2,23,24,25). The Morgan fingerprint density at radius 3 is 2.75 bits per heavy atom. The highest BCUT2D eigenvalue weighted by molar-refractivity contribution is 5.99. The van der Waals surface area contributed by atoms with Gasteiger partial charge in [0, 0.05) is 12.7 Å². The van der Waals surface area contributed by atoms with Crippen molar-refractivity contribution in [3.05, 3.63) is 60.6 Å². The fourth-order valence-corrected chi connectivity index (χ4v) is 3.59. The molecule has 0 fully saturated rings. The maximum absolute atomic E-state index is 11.6. The van der Waals surface area contributed by atoms with Gasteiger partial charge in [-0.1, -0.05) is 18.7 Å². The molecule has 32 heavy (non-hydrogen) atoms. The summed E-state index contributed by atoms with van der Waals surface area (Å²) in [6.07, 6.45) is 2.61. The number of aryl methyl sites for hydroxylation is 1. The third-order valence-corrected chi connectivity index (χ3v) is 5.02. The van der Waals surface area contributed by atoms with Gasteiger partial charge in [-0.05, 0) is 43.7 Å². The predicted molar refractivity (Wildman–Crippen MR) is 122 cm³/mol. The summed E-state index contributed by atoms with van der Waals surface area (Å²) >= 11 is 0. The number of nitrogens with two attached hydrogens (primary N) is 1. The van der Waals surface area contributed by atoms with E-state index in [2.05, 4.69) is 27.0 Å². The summed E-state index contributed by atoms with van der Waals surface area (Å²) < 4.78 is 3.33. The molecule has 0 aliphatic heterocycles. The number of aromatic nitrogens is 6. The van der Waals surface area contributed by atoms with Crippen LogP contribution in [0, 0.1) is 0 Å². The molecular weight excluding hydrogens is 408 g/mol. The summed E-state index contributed by atoms with van der Waals surface area (Å²) in [4.78, 5) is 20.1. The Morgan fingerprint density at radius 2 is 2.06 bits per heavy atom. The Bertz CT molecular complexity index is 1330. The minimum atomic E-state index is -1.07. The second-order valence-corrected chi connectivity index (χ2v) is 7.95. The third kappa shape index (κ3) is 3.95. The lowest BCUT2D eigenvalue weighted by Crippen LogP contribution is -2.19. The van der Waals surface area contributed by atoms with Crippen LogP contribution in [0.25, 0.3) is 22.4 Å². The first-order valence-electron chi connectivity index (χ1n) is 9.94. The fraction of sp³-hybridized carbons (Fsp3) is 0.227. The van der Waals surface area contributed by atoms with E-state index >= 15 is 0 Å². The Labute approximate surface area is 184 Å². The van der Waals surface area contributed by atoms with Crippen LogP contribution in [0.2, 0.25) is 0 Å². The van der Waals surface area contributed by atoms with Crippen LogP contribution in [0.3, 0.4) is 0 Å². The molecule has 1 amide bonds. The number of anilines is 2. The average molecular weight is 432 g/mol. The topological polar surface area (TPSA) is 137 Å². The molecular formula is C22H24N8O2. The zero-order chi connectivity index (χ0) is 23.0. The second kappa shape index (κ2) is 7.89. The van der Waals surface area contributed by atoms with E-state index in [0.29, 0.717) is 46.2 Å². The number of nitrogen functional groups attached to an aromatic ring is 1. The highest BCUT2D eigenvalue weighted by Gasteiger charge is 2.25. The number of fused-ring (bicyclic) bond motifs is 1. The quantitative estimate of drug-likeness (QED) is 0.397. The van der Waals surface area contributed by atoms with Gasteiger partial charge in [-0.2, -0.15) is 10.2 Å². The molecule has 10 heteroatoms. The van der Waals surface area contributed by atoms with E-state index in [4.69, 9.17) is 10.8 Å². The molecule has 1 aromatic carbocycles. The summed E-state index contributed by atoms with van der Waals surface area (Å²) in [5, 5.41) is 23.0. The highest BCUT2D eigenvalue weighted by Crippen LogP contribution is 2.32. The molecule has 4 aromatic rings. The van der Waals surface area contributed by atoms with Gasteiger partial charge in [0.1, 0.15) is 29.1 Å². The number of carbonyl (C=O) groups is 1. The van der Waals surface area contributed by atoms with Crippen molar-refractivity contribution in [2.45, 2.75) is 26.0 Å². The number of aliphatic hydroxyl groups is 1. The number of amides is 1. The number of rotatable bonds is 6. The van der Waals surface area contributed by atoms with Crippen LogP contribution in [0.5, 0.6) is 0 Å². The Kier molecular flexibility index (Phi) is 5.23. The lowest BCUT2D eigenvalue weighted by molar-refractivity contribution is -0.111. The largest absolute Gasteiger partial charge is 0.384 e. The first kappa shape index (κ1) is 21.2. The van der Waals surface area contributed by atoms with Gasteiger partial charge in [-0.3, -0.25) is 9.48 Å². The first-order valence-corrected chi connectivity index (χ1v) is 9.94.